The molecule has 0 spiro atoms. The van der Waals surface area contributed by atoms with E-state index in [1.165, 1.54) is 12.1 Å². The van der Waals surface area contributed by atoms with Gasteiger partial charge in [0.25, 0.3) is 5.91 Å². The Morgan fingerprint density at radius 2 is 1.81 bits per heavy atom. The predicted molar refractivity (Wildman–Crippen MR) is 71.9 cm³/mol. The molecule has 0 atom stereocenters. The summed E-state index contributed by atoms with van der Waals surface area (Å²) < 4.78 is 44.5. The summed E-state index contributed by atoms with van der Waals surface area (Å²) in [6.45, 7) is -0.529. The summed E-state index contributed by atoms with van der Waals surface area (Å²) in [6, 6.07) is 6.57. The second kappa shape index (κ2) is 6.49. The lowest BCUT2D eigenvalue weighted by Gasteiger charge is -2.09. The SMILES string of the molecule is O=C(COc1ccc(F)cc1Cl)Nc1c(F)cccc1F. The summed E-state index contributed by atoms with van der Waals surface area (Å²) in [6.07, 6.45) is 0. The highest BCUT2D eigenvalue weighted by Gasteiger charge is 2.13. The minimum atomic E-state index is -0.900. The molecule has 1 N–H and O–H groups in total. The number of hydrogen-bond acceptors (Lipinski definition) is 2. The van der Waals surface area contributed by atoms with Crippen LogP contribution in [0.1, 0.15) is 0 Å². The van der Waals surface area contributed by atoms with Crippen molar-refractivity contribution in [1.29, 1.82) is 0 Å². The van der Waals surface area contributed by atoms with Crippen molar-refractivity contribution in [1.82, 2.24) is 0 Å². The molecule has 0 aromatic heterocycles. The first-order valence-electron chi connectivity index (χ1n) is 5.79. The molecule has 3 nitrogen and oxygen atoms in total. The monoisotopic (exact) mass is 315 g/mol. The first-order valence-corrected chi connectivity index (χ1v) is 6.17. The zero-order chi connectivity index (χ0) is 15.4. The molecule has 1 amide bonds. The number of benzene rings is 2. The van der Waals surface area contributed by atoms with Crippen LogP contribution in [0.4, 0.5) is 18.9 Å². The molecule has 2 aromatic carbocycles. The van der Waals surface area contributed by atoms with E-state index in [4.69, 9.17) is 16.3 Å². The van der Waals surface area contributed by atoms with E-state index >= 15 is 0 Å². The van der Waals surface area contributed by atoms with E-state index in [2.05, 4.69) is 0 Å². The van der Waals surface area contributed by atoms with Crippen LogP contribution in [0.2, 0.25) is 5.02 Å². The third-order valence-corrected chi connectivity index (χ3v) is 2.78. The second-order valence-electron chi connectivity index (χ2n) is 4.01. The molecule has 0 aliphatic heterocycles. The zero-order valence-corrected chi connectivity index (χ0v) is 11.3. The van der Waals surface area contributed by atoms with Crippen molar-refractivity contribution in [3.8, 4) is 5.75 Å². The Balaban J connectivity index is 1.99. The Labute approximate surface area is 123 Å². The van der Waals surface area contributed by atoms with Crippen LogP contribution in [0, 0.1) is 17.5 Å². The molecular formula is C14H9ClF3NO2. The Kier molecular flexibility index (Phi) is 4.70. The van der Waals surface area contributed by atoms with Crippen LogP contribution in [-0.2, 0) is 4.79 Å². The molecule has 110 valence electrons. The molecule has 0 fully saturated rings. The molecule has 21 heavy (non-hydrogen) atoms. The third kappa shape index (κ3) is 3.88. The van der Waals surface area contributed by atoms with Gasteiger partial charge in [-0.1, -0.05) is 17.7 Å². The van der Waals surface area contributed by atoms with Crippen molar-refractivity contribution < 1.29 is 22.7 Å². The standard InChI is InChI=1S/C14H9ClF3NO2/c15-9-6-8(16)4-5-12(9)21-7-13(20)19-14-10(17)2-1-3-11(14)18/h1-6H,7H2,(H,19,20). The number of nitrogens with one attached hydrogen (secondary N) is 1. The normalized spacial score (nSPS) is 10.3. The van der Waals surface area contributed by atoms with E-state index in [0.29, 0.717) is 0 Å². The highest BCUT2D eigenvalue weighted by atomic mass is 35.5. The van der Waals surface area contributed by atoms with Gasteiger partial charge in [0, 0.05) is 0 Å². The largest absolute Gasteiger partial charge is 0.482 e. The van der Waals surface area contributed by atoms with E-state index < -0.39 is 35.7 Å². The average molecular weight is 316 g/mol. The van der Waals surface area contributed by atoms with Gasteiger partial charge in [0.1, 0.15) is 28.9 Å². The smallest absolute Gasteiger partial charge is 0.262 e. The number of ether oxygens (including phenoxy) is 1. The number of anilines is 1. The first-order chi connectivity index (χ1) is 9.97. The fourth-order valence-corrected chi connectivity index (χ4v) is 1.75. The predicted octanol–water partition coefficient (Wildman–Crippen LogP) is 3.77. The van der Waals surface area contributed by atoms with Crippen LogP contribution in [0.15, 0.2) is 36.4 Å². The molecule has 0 radical (unpaired) electrons. The quantitative estimate of drug-likeness (QED) is 0.932. The van der Waals surface area contributed by atoms with Gasteiger partial charge in [0.05, 0.1) is 5.02 Å². The van der Waals surface area contributed by atoms with Gasteiger partial charge in [-0.05, 0) is 30.3 Å². The van der Waals surface area contributed by atoms with Crippen LogP contribution in [0.3, 0.4) is 0 Å². The van der Waals surface area contributed by atoms with Crippen LogP contribution in [0.25, 0.3) is 0 Å². The highest BCUT2D eigenvalue weighted by Crippen LogP contribution is 2.25. The number of amides is 1. The number of carbonyl (C=O) groups excluding carboxylic acids is 1. The lowest BCUT2D eigenvalue weighted by atomic mass is 10.3. The van der Waals surface area contributed by atoms with E-state index in [1.54, 1.807) is 0 Å². The molecule has 0 aliphatic rings. The molecule has 0 aliphatic carbocycles. The summed E-state index contributed by atoms with van der Waals surface area (Å²) in [5, 5.41) is 2.03. The van der Waals surface area contributed by atoms with Crippen LogP contribution in [0.5, 0.6) is 5.75 Å². The molecule has 2 rings (SSSR count). The Morgan fingerprint density at radius 3 is 2.43 bits per heavy atom. The van der Waals surface area contributed by atoms with Gasteiger partial charge in [-0.3, -0.25) is 4.79 Å². The van der Waals surface area contributed by atoms with Gasteiger partial charge in [-0.25, -0.2) is 13.2 Å². The van der Waals surface area contributed by atoms with Crippen molar-refractivity contribution >= 4 is 23.2 Å². The number of carbonyl (C=O) groups is 1. The molecule has 0 heterocycles. The van der Waals surface area contributed by atoms with E-state index in [-0.39, 0.29) is 10.8 Å². The first kappa shape index (κ1) is 15.2. The van der Waals surface area contributed by atoms with Gasteiger partial charge in [-0.2, -0.15) is 0 Å². The Hall–Kier alpha value is -2.21. The van der Waals surface area contributed by atoms with Crippen molar-refractivity contribution in [3.63, 3.8) is 0 Å². The lowest BCUT2D eigenvalue weighted by molar-refractivity contribution is -0.118. The van der Waals surface area contributed by atoms with Gasteiger partial charge < -0.3 is 10.1 Å². The number of hydrogen-bond donors (Lipinski definition) is 1. The van der Waals surface area contributed by atoms with Crippen molar-refractivity contribution in [2.75, 3.05) is 11.9 Å². The summed E-state index contributed by atoms with van der Waals surface area (Å²) in [7, 11) is 0. The van der Waals surface area contributed by atoms with Crippen LogP contribution >= 0.6 is 11.6 Å². The topological polar surface area (TPSA) is 38.3 Å². The molecule has 0 unspecified atom stereocenters. The van der Waals surface area contributed by atoms with Crippen LogP contribution in [-0.4, -0.2) is 12.5 Å². The van der Waals surface area contributed by atoms with E-state index in [9.17, 15) is 18.0 Å². The maximum Gasteiger partial charge on any atom is 0.262 e. The molecule has 0 bridgehead atoms. The number of halogens is 4. The fourth-order valence-electron chi connectivity index (χ4n) is 1.53. The number of rotatable bonds is 4. The minimum Gasteiger partial charge on any atom is -0.482 e. The molecule has 2 aromatic rings. The zero-order valence-electron chi connectivity index (χ0n) is 10.5. The molecular weight excluding hydrogens is 307 g/mol. The maximum atomic E-state index is 13.3. The molecule has 0 saturated carbocycles. The molecule has 0 saturated heterocycles. The van der Waals surface area contributed by atoms with Crippen molar-refractivity contribution in [3.05, 3.63) is 58.9 Å². The highest BCUT2D eigenvalue weighted by molar-refractivity contribution is 6.32. The third-order valence-electron chi connectivity index (χ3n) is 2.48. The van der Waals surface area contributed by atoms with E-state index in [0.717, 1.165) is 24.3 Å². The lowest BCUT2D eigenvalue weighted by Crippen LogP contribution is -2.21. The van der Waals surface area contributed by atoms with Crippen molar-refractivity contribution in [2.45, 2.75) is 0 Å². The Bertz CT molecular complexity index is 659. The summed E-state index contributed by atoms with van der Waals surface area (Å²) in [5.41, 5.74) is -0.559. The Morgan fingerprint density at radius 1 is 1.14 bits per heavy atom. The summed E-state index contributed by atoms with van der Waals surface area (Å²) in [4.78, 5) is 11.6. The molecule has 7 heteroatoms. The average Bonchev–Trinajstić information content (AvgIpc) is 2.42. The van der Waals surface area contributed by atoms with Gasteiger partial charge in [-0.15, -0.1) is 0 Å². The summed E-state index contributed by atoms with van der Waals surface area (Å²) >= 11 is 5.71. The minimum absolute atomic E-state index is 0.0140. The summed E-state index contributed by atoms with van der Waals surface area (Å²) in [5.74, 6) is -3.04. The van der Waals surface area contributed by atoms with Gasteiger partial charge in [0.15, 0.2) is 6.61 Å². The van der Waals surface area contributed by atoms with E-state index in [1.807, 2.05) is 5.32 Å². The fraction of sp³-hybridized carbons (Fsp3) is 0.0714. The number of para-hydroxylation sites is 1. The van der Waals surface area contributed by atoms with Crippen LogP contribution < -0.4 is 10.1 Å². The van der Waals surface area contributed by atoms with Gasteiger partial charge in [0.2, 0.25) is 0 Å². The van der Waals surface area contributed by atoms with Gasteiger partial charge >= 0.3 is 0 Å². The second-order valence-corrected chi connectivity index (χ2v) is 4.42. The maximum absolute atomic E-state index is 13.3. The van der Waals surface area contributed by atoms with Crippen molar-refractivity contribution in [2.24, 2.45) is 0 Å².